The number of methoxy groups -OCH3 is 1. The molecule has 0 amide bonds. The fraction of sp³-hybridized carbons (Fsp3) is 0.714. The lowest BCUT2D eigenvalue weighted by Gasteiger charge is -2.17. The number of nitrogens with two attached hydrogens (primary N) is 1. The topological polar surface area (TPSA) is 73.9 Å². The fourth-order valence-electron chi connectivity index (χ4n) is 0.921. The van der Waals surface area contributed by atoms with Gasteiger partial charge in [-0.05, 0) is 6.92 Å². The molecule has 0 aliphatic carbocycles. The van der Waals surface area contributed by atoms with Crippen LogP contribution in [-0.4, -0.2) is 30.9 Å². The minimum Gasteiger partial charge on any atom is -0.464 e. The number of nitrogens with zero attached hydrogens (tertiary/aromatic N) is 1. The van der Waals surface area contributed by atoms with Crippen molar-refractivity contribution in [2.75, 3.05) is 13.7 Å². The van der Waals surface area contributed by atoms with E-state index in [0.29, 0.717) is 18.7 Å². The number of hydrogen-bond acceptors (Lipinski definition) is 5. The van der Waals surface area contributed by atoms with Gasteiger partial charge in [0.2, 0.25) is 0 Å². The monoisotopic (exact) mass is 172 g/mol. The van der Waals surface area contributed by atoms with E-state index in [-0.39, 0.29) is 0 Å². The molecular formula is C7H12N2O3. The molecule has 0 aromatic heterocycles. The lowest BCUT2D eigenvalue weighted by atomic mass is 10.0. The van der Waals surface area contributed by atoms with E-state index in [1.807, 2.05) is 0 Å². The molecule has 1 aliphatic rings. The standard InChI is InChI=1S/C7H12N2O3/c1-7(4-8)3-5(9-12-7)6(10)11-2/h3-4,8H2,1-2H3. The van der Waals surface area contributed by atoms with Gasteiger partial charge >= 0.3 is 5.97 Å². The Kier molecular flexibility index (Phi) is 2.32. The molecule has 68 valence electrons. The Morgan fingerprint density at radius 1 is 1.92 bits per heavy atom. The maximum absolute atomic E-state index is 10.9. The summed E-state index contributed by atoms with van der Waals surface area (Å²) in [6.45, 7) is 2.13. The minimum atomic E-state index is -0.538. The molecule has 0 saturated heterocycles. The van der Waals surface area contributed by atoms with Crippen LogP contribution in [0.1, 0.15) is 13.3 Å². The van der Waals surface area contributed by atoms with E-state index in [2.05, 4.69) is 9.89 Å². The molecule has 1 atom stereocenters. The predicted octanol–water partition coefficient (Wildman–Crippen LogP) is -0.347. The van der Waals surface area contributed by atoms with E-state index in [0.717, 1.165) is 0 Å². The molecule has 0 fully saturated rings. The second-order valence-electron chi connectivity index (χ2n) is 2.95. The Morgan fingerprint density at radius 3 is 3.00 bits per heavy atom. The molecule has 1 rings (SSSR count). The van der Waals surface area contributed by atoms with E-state index in [1.54, 1.807) is 6.92 Å². The number of esters is 1. The SMILES string of the molecule is COC(=O)C1=NOC(C)(CN)C1. The summed E-state index contributed by atoms with van der Waals surface area (Å²) in [6.07, 6.45) is 0.413. The van der Waals surface area contributed by atoms with Gasteiger partial charge in [0.15, 0.2) is 11.3 Å². The second-order valence-corrected chi connectivity index (χ2v) is 2.95. The van der Waals surface area contributed by atoms with E-state index in [1.165, 1.54) is 7.11 Å². The molecule has 0 aromatic carbocycles. The molecule has 5 nitrogen and oxygen atoms in total. The van der Waals surface area contributed by atoms with Crippen LogP contribution in [0.4, 0.5) is 0 Å². The zero-order valence-electron chi connectivity index (χ0n) is 7.16. The molecule has 12 heavy (non-hydrogen) atoms. The molecule has 0 aromatic rings. The molecule has 1 unspecified atom stereocenters. The Balaban J connectivity index is 2.59. The van der Waals surface area contributed by atoms with Crippen LogP contribution in [-0.2, 0) is 14.4 Å². The molecule has 0 saturated carbocycles. The van der Waals surface area contributed by atoms with E-state index >= 15 is 0 Å². The first-order valence-corrected chi connectivity index (χ1v) is 3.65. The summed E-state index contributed by atoms with van der Waals surface area (Å²) < 4.78 is 4.48. The Labute approximate surface area is 70.5 Å². The van der Waals surface area contributed by atoms with Crippen molar-refractivity contribution >= 4 is 11.7 Å². The number of ether oxygens (including phenoxy) is 1. The molecule has 2 N–H and O–H groups in total. The van der Waals surface area contributed by atoms with Gasteiger partial charge in [0.25, 0.3) is 0 Å². The van der Waals surface area contributed by atoms with Crippen molar-refractivity contribution in [2.24, 2.45) is 10.9 Å². The molecular weight excluding hydrogens is 160 g/mol. The van der Waals surface area contributed by atoms with Crippen molar-refractivity contribution < 1.29 is 14.4 Å². The lowest BCUT2D eigenvalue weighted by molar-refractivity contribution is -0.132. The van der Waals surface area contributed by atoms with Crippen molar-refractivity contribution in [2.45, 2.75) is 18.9 Å². The maximum atomic E-state index is 10.9. The largest absolute Gasteiger partial charge is 0.464 e. The predicted molar refractivity (Wildman–Crippen MR) is 42.6 cm³/mol. The first-order chi connectivity index (χ1) is 5.61. The molecule has 1 aliphatic heterocycles. The molecule has 0 spiro atoms. The lowest BCUT2D eigenvalue weighted by Crippen LogP contribution is -2.35. The average molecular weight is 172 g/mol. The van der Waals surface area contributed by atoms with Gasteiger partial charge in [-0.3, -0.25) is 0 Å². The summed E-state index contributed by atoms with van der Waals surface area (Å²) in [4.78, 5) is 15.9. The van der Waals surface area contributed by atoms with Crippen LogP contribution < -0.4 is 5.73 Å². The van der Waals surface area contributed by atoms with Crippen LogP contribution in [0.3, 0.4) is 0 Å². The van der Waals surface area contributed by atoms with Crippen LogP contribution in [0, 0.1) is 0 Å². The Bertz CT molecular complexity index is 227. The van der Waals surface area contributed by atoms with Crippen molar-refractivity contribution in [1.29, 1.82) is 0 Å². The number of rotatable bonds is 2. The summed E-state index contributed by atoms with van der Waals surface area (Å²) in [5.41, 5.74) is 5.18. The highest BCUT2D eigenvalue weighted by atomic mass is 16.7. The van der Waals surface area contributed by atoms with Crippen LogP contribution in [0.2, 0.25) is 0 Å². The van der Waals surface area contributed by atoms with Gasteiger partial charge in [-0.2, -0.15) is 0 Å². The summed E-state index contributed by atoms with van der Waals surface area (Å²) in [6, 6.07) is 0. The van der Waals surface area contributed by atoms with Crippen molar-refractivity contribution in [3.63, 3.8) is 0 Å². The number of hydrogen-bond donors (Lipinski definition) is 1. The second kappa shape index (κ2) is 3.10. The van der Waals surface area contributed by atoms with Gasteiger partial charge in [-0.25, -0.2) is 4.79 Å². The molecule has 0 bridgehead atoms. The zero-order chi connectivity index (χ0) is 9.19. The van der Waals surface area contributed by atoms with E-state index in [4.69, 9.17) is 10.6 Å². The highest BCUT2D eigenvalue weighted by Gasteiger charge is 2.36. The zero-order valence-corrected chi connectivity index (χ0v) is 7.16. The smallest absolute Gasteiger partial charge is 0.355 e. The van der Waals surface area contributed by atoms with E-state index in [9.17, 15) is 4.79 Å². The van der Waals surface area contributed by atoms with Gasteiger partial charge in [0, 0.05) is 13.0 Å². The van der Waals surface area contributed by atoms with Crippen molar-refractivity contribution in [3.05, 3.63) is 0 Å². The maximum Gasteiger partial charge on any atom is 0.355 e. The van der Waals surface area contributed by atoms with Crippen LogP contribution in [0.15, 0.2) is 5.16 Å². The highest BCUT2D eigenvalue weighted by Crippen LogP contribution is 2.22. The van der Waals surface area contributed by atoms with Crippen LogP contribution in [0.5, 0.6) is 0 Å². The quantitative estimate of drug-likeness (QED) is 0.578. The first kappa shape index (κ1) is 8.99. The van der Waals surface area contributed by atoms with Crippen molar-refractivity contribution in [3.8, 4) is 0 Å². The fourth-order valence-corrected chi connectivity index (χ4v) is 0.921. The highest BCUT2D eigenvalue weighted by molar-refractivity contribution is 6.36. The third-order valence-electron chi connectivity index (χ3n) is 1.77. The van der Waals surface area contributed by atoms with Crippen molar-refractivity contribution in [1.82, 2.24) is 0 Å². The van der Waals surface area contributed by atoms with E-state index < -0.39 is 11.6 Å². The molecule has 1 heterocycles. The summed E-state index contributed by atoms with van der Waals surface area (Å²) in [7, 11) is 1.31. The first-order valence-electron chi connectivity index (χ1n) is 3.65. The number of carbonyl (C=O) groups excluding carboxylic acids is 1. The minimum absolute atomic E-state index is 0.297. The molecule has 0 radical (unpaired) electrons. The van der Waals surface area contributed by atoms with Gasteiger partial charge in [0.05, 0.1) is 7.11 Å². The van der Waals surface area contributed by atoms with Crippen LogP contribution >= 0.6 is 0 Å². The number of oxime groups is 1. The van der Waals surface area contributed by atoms with Gasteiger partial charge in [-0.15, -0.1) is 0 Å². The number of carbonyl (C=O) groups is 1. The normalized spacial score (nSPS) is 27.8. The third kappa shape index (κ3) is 1.55. The van der Waals surface area contributed by atoms with Crippen LogP contribution in [0.25, 0.3) is 0 Å². The average Bonchev–Trinajstić information content (AvgIpc) is 2.48. The summed E-state index contributed by atoms with van der Waals surface area (Å²) >= 11 is 0. The third-order valence-corrected chi connectivity index (χ3v) is 1.77. The molecule has 5 heteroatoms. The summed E-state index contributed by atoms with van der Waals surface area (Å²) in [5.74, 6) is -0.452. The summed E-state index contributed by atoms with van der Waals surface area (Å²) in [5, 5.41) is 3.59. The van der Waals surface area contributed by atoms with Gasteiger partial charge in [-0.1, -0.05) is 5.16 Å². The van der Waals surface area contributed by atoms with Gasteiger partial charge < -0.3 is 15.3 Å². The Hall–Kier alpha value is -1.10. The van der Waals surface area contributed by atoms with Gasteiger partial charge in [0.1, 0.15) is 0 Å². The Morgan fingerprint density at radius 2 is 2.58 bits per heavy atom.